The van der Waals surface area contributed by atoms with Crippen LogP contribution in [-0.2, 0) is 14.9 Å². The second kappa shape index (κ2) is 8.47. The summed E-state index contributed by atoms with van der Waals surface area (Å²) >= 11 is 0. The summed E-state index contributed by atoms with van der Waals surface area (Å²) in [5.74, 6) is -3.02. The normalized spacial score (nSPS) is 24.7. The molecule has 11 heteroatoms. The molecule has 2 aliphatic heterocycles. The molecule has 1 unspecified atom stereocenters. The zero-order valence-electron chi connectivity index (χ0n) is 17.0. The summed E-state index contributed by atoms with van der Waals surface area (Å²) in [5.41, 5.74) is 3.82. The Hall–Kier alpha value is -2.05. The highest BCUT2D eigenvalue weighted by molar-refractivity contribution is 7.88. The predicted octanol–water partition coefficient (Wildman–Crippen LogP) is 2.39. The molecule has 3 heterocycles. The van der Waals surface area contributed by atoms with Crippen LogP contribution in [0, 0.1) is 24.4 Å². The van der Waals surface area contributed by atoms with Gasteiger partial charge in [-0.1, -0.05) is 0 Å². The number of aromatic nitrogens is 1. The quantitative estimate of drug-likeness (QED) is 0.719. The fraction of sp³-hybridized carbons (Fsp3) is 0.450. The first kappa shape index (κ1) is 22.2. The van der Waals surface area contributed by atoms with Crippen molar-refractivity contribution in [1.29, 1.82) is 0 Å². The third-order valence-corrected chi connectivity index (χ3v) is 6.22. The minimum absolute atomic E-state index is 0.189. The summed E-state index contributed by atoms with van der Waals surface area (Å²) in [6.07, 6.45) is 3.01. The van der Waals surface area contributed by atoms with E-state index in [2.05, 4.69) is 20.1 Å². The summed E-state index contributed by atoms with van der Waals surface area (Å²) in [6.45, 7) is 2.92. The fourth-order valence-electron chi connectivity index (χ4n) is 4.16. The summed E-state index contributed by atoms with van der Waals surface area (Å²) in [6, 6.07) is 2.69. The molecular formula is C20H23F3N4O3S. The average molecular weight is 456 g/mol. The third-order valence-electron chi connectivity index (χ3n) is 5.46. The maximum atomic E-state index is 14.5. The van der Waals surface area contributed by atoms with Gasteiger partial charge >= 0.3 is 0 Å². The number of hydrogen-bond donors (Lipinski definition) is 2. The van der Waals surface area contributed by atoms with Gasteiger partial charge in [0.25, 0.3) is 0 Å². The van der Waals surface area contributed by atoms with Crippen LogP contribution in [0.2, 0.25) is 0 Å². The van der Waals surface area contributed by atoms with Crippen molar-refractivity contribution in [3.63, 3.8) is 0 Å². The van der Waals surface area contributed by atoms with Gasteiger partial charge in [0.05, 0.1) is 23.7 Å². The molecule has 2 saturated heterocycles. The third kappa shape index (κ3) is 4.90. The molecule has 2 N–H and O–H groups in total. The minimum atomic E-state index is -3.30. The Kier molecular flexibility index (Phi) is 6.05. The number of likely N-dealkylation sites (tertiary alicyclic amines) is 1. The topological polar surface area (TPSA) is 83.6 Å². The second-order valence-electron chi connectivity index (χ2n) is 8.04. The van der Waals surface area contributed by atoms with Gasteiger partial charge in [0, 0.05) is 49.4 Å². The first-order valence-electron chi connectivity index (χ1n) is 9.84. The molecule has 7 nitrogen and oxygen atoms in total. The SMILES string of the molecule is Cc1cnc([C@@H]2CC(N3CC[C@H](NS(C)(=O)=O)C3)NO2)c(-c2c(F)cc(F)cc2F)c1. The van der Waals surface area contributed by atoms with E-state index in [0.29, 0.717) is 49.3 Å². The molecule has 0 bridgehead atoms. The van der Waals surface area contributed by atoms with Crippen molar-refractivity contribution in [3.8, 4) is 11.1 Å². The standard InChI is InChI=1S/C20H23F3N4O3S/c1-11-5-14(19-15(22)6-12(21)7-16(19)23)20(24-9-11)17-8-18(25-30-17)27-4-3-13(10-27)26-31(2,28)29/h5-7,9,13,17-18,25-26H,3-4,8,10H2,1-2H3/t13-,17-,18?/m0/s1. The first-order valence-corrected chi connectivity index (χ1v) is 11.7. The van der Waals surface area contributed by atoms with Gasteiger partial charge in [0.15, 0.2) is 0 Å². The largest absolute Gasteiger partial charge is 0.290 e. The molecule has 1 aromatic heterocycles. The highest BCUT2D eigenvalue weighted by Gasteiger charge is 2.37. The van der Waals surface area contributed by atoms with Crippen LogP contribution in [0.1, 0.15) is 30.2 Å². The van der Waals surface area contributed by atoms with Crippen LogP contribution in [-0.4, -0.2) is 49.9 Å². The van der Waals surface area contributed by atoms with Gasteiger partial charge in [0.1, 0.15) is 23.6 Å². The summed E-state index contributed by atoms with van der Waals surface area (Å²) < 4.78 is 67.9. The molecule has 4 rings (SSSR count). The summed E-state index contributed by atoms with van der Waals surface area (Å²) in [5, 5.41) is 0. The van der Waals surface area contributed by atoms with Crippen molar-refractivity contribution >= 4 is 10.0 Å². The van der Waals surface area contributed by atoms with Crippen LogP contribution in [0.4, 0.5) is 13.2 Å². The van der Waals surface area contributed by atoms with Gasteiger partial charge in [-0.3, -0.25) is 14.7 Å². The number of halogens is 3. The summed E-state index contributed by atoms with van der Waals surface area (Å²) in [7, 11) is -3.30. The number of nitrogens with zero attached hydrogens (tertiary/aromatic N) is 2. The molecule has 0 saturated carbocycles. The molecule has 31 heavy (non-hydrogen) atoms. The van der Waals surface area contributed by atoms with Gasteiger partial charge in [-0.25, -0.2) is 26.3 Å². The van der Waals surface area contributed by atoms with Crippen molar-refractivity contribution in [3.05, 3.63) is 53.1 Å². The Morgan fingerprint density at radius 3 is 2.61 bits per heavy atom. The molecule has 1 aromatic carbocycles. The van der Waals surface area contributed by atoms with E-state index in [-0.39, 0.29) is 23.3 Å². The Labute approximate surface area is 178 Å². The Balaban J connectivity index is 1.56. The fourth-order valence-corrected chi connectivity index (χ4v) is 4.95. The van der Waals surface area contributed by atoms with Crippen molar-refractivity contribution < 1.29 is 26.4 Å². The Morgan fingerprint density at radius 1 is 1.23 bits per heavy atom. The maximum Gasteiger partial charge on any atom is 0.208 e. The number of hydroxylamine groups is 1. The number of hydrogen-bond acceptors (Lipinski definition) is 6. The molecule has 0 radical (unpaired) electrons. The molecular weight excluding hydrogens is 433 g/mol. The van der Waals surface area contributed by atoms with E-state index < -0.39 is 33.6 Å². The number of pyridine rings is 1. The Bertz CT molecular complexity index is 1080. The molecule has 168 valence electrons. The van der Waals surface area contributed by atoms with Crippen LogP contribution in [0.25, 0.3) is 11.1 Å². The zero-order chi connectivity index (χ0) is 22.3. The lowest BCUT2D eigenvalue weighted by Gasteiger charge is -2.22. The Morgan fingerprint density at radius 2 is 1.94 bits per heavy atom. The van der Waals surface area contributed by atoms with Crippen molar-refractivity contribution in [1.82, 2.24) is 20.1 Å². The van der Waals surface area contributed by atoms with Crippen molar-refractivity contribution in [2.24, 2.45) is 0 Å². The minimum Gasteiger partial charge on any atom is -0.290 e. The zero-order valence-corrected chi connectivity index (χ0v) is 17.8. The van der Waals surface area contributed by atoms with Crippen molar-refractivity contribution in [2.75, 3.05) is 19.3 Å². The molecule has 3 atom stereocenters. The molecule has 2 aliphatic rings. The van der Waals surface area contributed by atoms with Gasteiger partial charge in [0.2, 0.25) is 10.0 Å². The van der Waals surface area contributed by atoms with Crippen LogP contribution >= 0.6 is 0 Å². The number of rotatable bonds is 5. The predicted molar refractivity (Wildman–Crippen MR) is 108 cm³/mol. The lowest BCUT2D eigenvalue weighted by molar-refractivity contribution is 0.00596. The molecule has 0 spiro atoms. The van der Waals surface area contributed by atoms with Gasteiger partial charge in [-0.2, -0.15) is 5.48 Å². The highest BCUT2D eigenvalue weighted by Crippen LogP contribution is 2.37. The van der Waals surface area contributed by atoms with E-state index in [1.54, 1.807) is 19.2 Å². The van der Waals surface area contributed by atoms with E-state index in [9.17, 15) is 21.6 Å². The molecule has 0 aliphatic carbocycles. The van der Waals surface area contributed by atoms with Gasteiger partial charge in [-0.15, -0.1) is 0 Å². The average Bonchev–Trinajstić information content (AvgIpc) is 3.29. The number of nitrogens with one attached hydrogen (secondary N) is 2. The smallest absolute Gasteiger partial charge is 0.208 e. The second-order valence-corrected chi connectivity index (χ2v) is 9.82. The first-order chi connectivity index (χ1) is 14.6. The lowest BCUT2D eigenvalue weighted by Crippen LogP contribution is -2.42. The van der Waals surface area contributed by atoms with E-state index >= 15 is 0 Å². The van der Waals surface area contributed by atoms with Gasteiger partial charge in [-0.05, 0) is 25.0 Å². The van der Waals surface area contributed by atoms with Crippen molar-refractivity contribution in [2.45, 2.75) is 38.1 Å². The summed E-state index contributed by atoms with van der Waals surface area (Å²) in [4.78, 5) is 12.1. The van der Waals surface area contributed by atoms with E-state index in [1.807, 2.05) is 0 Å². The van der Waals surface area contributed by atoms with Crippen LogP contribution in [0.5, 0.6) is 0 Å². The van der Waals surface area contributed by atoms with E-state index in [4.69, 9.17) is 4.84 Å². The maximum absolute atomic E-state index is 14.5. The van der Waals surface area contributed by atoms with Gasteiger partial charge < -0.3 is 0 Å². The van der Waals surface area contributed by atoms with Crippen LogP contribution in [0.3, 0.4) is 0 Å². The number of benzene rings is 1. The molecule has 0 amide bonds. The molecule has 2 fully saturated rings. The highest BCUT2D eigenvalue weighted by atomic mass is 32.2. The lowest BCUT2D eigenvalue weighted by atomic mass is 9.97. The number of aryl methyl sites for hydroxylation is 1. The molecule has 2 aromatic rings. The van der Waals surface area contributed by atoms with E-state index in [1.165, 1.54) is 0 Å². The van der Waals surface area contributed by atoms with E-state index in [0.717, 1.165) is 6.26 Å². The van der Waals surface area contributed by atoms with Crippen LogP contribution in [0.15, 0.2) is 24.4 Å². The number of sulfonamides is 1. The van der Waals surface area contributed by atoms with Crippen LogP contribution < -0.4 is 10.2 Å². The monoisotopic (exact) mass is 456 g/mol.